The van der Waals surface area contributed by atoms with Gasteiger partial charge in [-0.25, -0.2) is 4.79 Å². The Labute approximate surface area is 88.7 Å². The molecule has 0 fully saturated rings. The van der Waals surface area contributed by atoms with E-state index in [4.69, 9.17) is 5.11 Å². The van der Waals surface area contributed by atoms with Crippen molar-refractivity contribution < 1.29 is 14.7 Å². The summed E-state index contributed by atoms with van der Waals surface area (Å²) in [5.74, 6) is -2.21. The summed E-state index contributed by atoms with van der Waals surface area (Å²) < 4.78 is 0. The molecule has 80 valence electrons. The Morgan fingerprint density at radius 2 is 1.87 bits per heavy atom. The summed E-state index contributed by atoms with van der Waals surface area (Å²) in [5.41, 5.74) is 2.86. The molecule has 0 heterocycles. The molecule has 1 aromatic rings. The minimum atomic E-state index is -1.39. The molecule has 15 heavy (non-hydrogen) atoms. The second-order valence-electron chi connectivity index (χ2n) is 3.53. The lowest BCUT2D eigenvalue weighted by Crippen LogP contribution is -2.16. The van der Waals surface area contributed by atoms with Crippen LogP contribution in [0.4, 0.5) is 0 Å². The lowest BCUT2D eigenvalue weighted by atomic mass is 9.93. The largest absolute Gasteiger partial charge is 0.475 e. The highest BCUT2D eigenvalue weighted by molar-refractivity contribution is 6.40. The molecule has 0 amide bonds. The summed E-state index contributed by atoms with van der Waals surface area (Å²) in [6.45, 7) is 5.53. The molecule has 1 N–H and O–H groups in total. The van der Waals surface area contributed by atoms with Gasteiger partial charge in [-0.2, -0.15) is 0 Å². The van der Waals surface area contributed by atoms with Crippen molar-refractivity contribution in [2.45, 2.75) is 27.2 Å². The number of carboxylic acids is 1. The number of aliphatic carboxylic acids is 1. The zero-order chi connectivity index (χ0) is 11.6. The molecule has 3 nitrogen and oxygen atoms in total. The van der Waals surface area contributed by atoms with Crippen LogP contribution in [-0.2, 0) is 11.2 Å². The highest BCUT2D eigenvalue weighted by atomic mass is 16.4. The Bertz CT molecular complexity index is 419. The van der Waals surface area contributed by atoms with Crippen LogP contribution in [0, 0.1) is 13.8 Å². The maximum Gasteiger partial charge on any atom is 0.377 e. The first kappa shape index (κ1) is 11.4. The number of ketones is 1. The number of carbonyl (C=O) groups is 2. The summed E-state index contributed by atoms with van der Waals surface area (Å²) in [4.78, 5) is 22.1. The zero-order valence-corrected chi connectivity index (χ0v) is 9.13. The van der Waals surface area contributed by atoms with E-state index in [1.807, 2.05) is 13.0 Å². The van der Waals surface area contributed by atoms with E-state index in [2.05, 4.69) is 0 Å². The van der Waals surface area contributed by atoms with Crippen molar-refractivity contribution in [3.63, 3.8) is 0 Å². The maximum atomic E-state index is 11.5. The Morgan fingerprint density at radius 1 is 1.27 bits per heavy atom. The Kier molecular flexibility index (Phi) is 3.24. The molecular weight excluding hydrogens is 192 g/mol. The second-order valence-corrected chi connectivity index (χ2v) is 3.53. The standard InChI is InChI=1S/C12H14O3/c1-4-9-6-5-7(2)10(8(9)3)11(13)12(14)15/h5-6H,4H2,1-3H3,(H,14,15). The minimum absolute atomic E-state index is 0.335. The number of aryl methyl sites for hydroxylation is 2. The minimum Gasteiger partial charge on any atom is -0.475 e. The molecule has 3 heteroatoms. The van der Waals surface area contributed by atoms with Gasteiger partial charge in [0, 0.05) is 5.56 Å². The van der Waals surface area contributed by atoms with Gasteiger partial charge in [0.05, 0.1) is 0 Å². The molecule has 1 aromatic carbocycles. The lowest BCUT2D eigenvalue weighted by molar-refractivity contribution is -0.131. The van der Waals surface area contributed by atoms with Crippen molar-refractivity contribution in [3.8, 4) is 0 Å². The normalized spacial score (nSPS) is 10.1. The lowest BCUT2D eigenvalue weighted by Gasteiger charge is -2.10. The predicted octanol–water partition coefficient (Wildman–Crippen LogP) is 2.13. The molecule has 0 aliphatic heterocycles. The van der Waals surface area contributed by atoms with Gasteiger partial charge in [-0.05, 0) is 37.0 Å². The summed E-state index contributed by atoms with van der Waals surface area (Å²) in [6, 6.07) is 3.73. The van der Waals surface area contributed by atoms with Gasteiger partial charge in [-0.1, -0.05) is 19.1 Å². The van der Waals surface area contributed by atoms with Crippen molar-refractivity contribution in [2.24, 2.45) is 0 Å². The van der Waals surface area contributed by atoms with E-state index in [1.54, 1.807) is 19.9 Å². The summed E-state index contributed by atoms with van der Waals surface area (Å²) in [7, 11) is 0. The van der Waals surface area contributed by atoms with Crippen LogP contribution in [0.1, 0.15) is 34.0 Å². The first-order valence-corrected chi connectivity index (χ1v) is 4.85. The van der Waals surface area contributed by atoms with E-state index in [9.17, 15) is 9.59 Å². The molecule has 0 bridgehead atoms. The zero-order valence-electron chi connectivity index (χ0n) is 9.13. The molecule has 1 rings (SSSR count). The van der Waals surface area contributed by atoms with Crippen LogP contribution in [0.2, 0.25) is 0 Å². The second kappa shape index (κ2) is 4.26. The molecule has 0 aliphatic carbocycles. The Hall–Kier alpha value is -1.64. The van der Waals surface area contributed by atoms with Gasteiger partial charge < -0.3 is 5.11 Å². The summed E-state index contributed by atoms with van der Waals surface area (Å²) >= 11 is 0. The smallest absolute Gasteiger partial charge is 0.377 e. The van der Waals surface area contributed by atoms with E-state index in [1.165, 1.54) is 0 Å². The van der Waals surface area contributed by atoms with Crippen molar-refractivity contribution in [2.75, 3.05) is 0 Å². The van der Waals surface area contributed by atoms with Crippen LogP contribution in [-0.4, -0.2) is 16.9 Å². The fourth-order valence-corrected chi connectivity index (χ4v) is 1.73. The molecule has 0 aliphatic rings. The van der Waals surface area contributed by atoms with E-state index < -0.39 is 11.8 Å². The van der Waals surface area contributed by atoms with E-state index in [0.29, 0.717) is 5.56 Å². The molecule has 0 saturated heterocycles. The van der Waals surface area contributed by atoms with E-state index in [-0.39, 0.29) is 0 Å². The topological polar surface area (TPSA) is 54.4 Å². The third-order valence-corrected chi connectivity index (χ3v) is 2.59. The SMILES string of the molecule is CCc1ccc(C)c(C(=O)C(=O)O)c1C. The highest BCUT2D eigenvalue weighted by Gasteiger charge is 2.20. The van der Waals surface area contributed by atoms with Gasteiger partial charge in [0.15, 0.2) is 0 Å². The van der Waals surface area contributed by atoms with Crippen LogP contribution < -0.4 is 0 Å². The van der Waals surface area contributed by atoms with Gasteiger partial charge in [-0.15, -0.1) is 0 Å². The van der Waals surface area contributed by atoms with Gasteiger partial charge in [0.25, 0.3) is 5.78 Å². The molecular formula is C12H14O3. The van der Waals surface area contributed by atoms with Crippen LogP contribution in [0.5, 0.6) is 0 Å². The van der Waals surface area contributed by atoms with Gasteiger partial charge in [0.1, 0.15) is 0 Å². The molecule has 0 atom stereocenters. The average molecular weight is 206 g/mol. The number of Topliss-reactive ketones (excluding diaryl/α,β-unsaturated/α-hetero) is 1. The predicted molar refractivity (Wildman–Crippen MR) is 57.3 cm³/mol. The molecule has 0 saturated carbocycles. The van der Waals surface area contributed by atoms with Crippen molar-refractivity contribution in [3.05, 3.63) is 34.4 Å². The number of carbonyl (C=O) groups excluding carboxylic acids is 1. The summed E-state index contributed by atoms with van der Waals surface area (Å²) in [5, 5.41) is 8.70. The van der Waals surface area contributed by atoms with Crippen molar-refractivity contribution in [1.29, 1.82) is 0 Å². The molecule has 0 spiro atoms. The van der Waals surface area contributed by atoms with Gasteiger partial charge in [0.2, 0.25) is 0 Å². The van der Waals surface area contributed by atoms with Crippen molar-refractivity contribution >= 4 is 11.8 Å². The molecule has 0 radical (unpaired) electrons. The Morgan fingerprint density at radius 3 is 2.33 bits per heavy atom. The van der Waals surface area contributed by atoms with Crippen LogP contribution in [0.15, 0.2) is 12.1 Å². The maximum absolute atomic E-state index is 11.5. The quantitative estimate of drug-likeness (QED) is 0.609. The van der Waals surface area contributed by atoms with Gasteiger partial charge >= 0.3 is 5.97 Å². The van der Waals surface area contributed by atoms with Crippen molar-refractivity contribution in [1.82, 2.24) is 0 Å². The number of carboxylic acid groups (broad SMARTS) is 1. The first-order valence-electron chi connectivity index (χ1n) is 4.85. The molecule has 0 unspecified atom stereocenters. The summed E-state index contributed by atoms with van der Waals surface area (Å²) in [6.07, 6.45) is 0.798. The fourth-order valence-electron chi connectivity index (χ4n) is 1.73. The van der Waals surface area contributed by atoms with Crippen LogP contribution in [0.25, 0.3) is 0 Å². The third-order valence-electron chi connectivity index (χ3n) is 2.59. The highest BCUT2D eigenvalue weighted by Crippen LogP contribution is 2.19. The number of hydrogen-bond donors (Lipinski definition) is 1. The fraction of sp³-hybridized carbons (Fsp3) is 0.333. The Balaban J connectivity index is 3.39. The molecule has 0 aromatic heterocycles. The third kappa shape index (κ3) is 2.06. The number of rotatable bonds is 3. The number of hydrogen-bond acceptors (Lipinski definition) is 2. The number of benzene rings is 1. The van der Waals surface area contributed by atoms with Crippen LogP contribution in [0.3, 0.4) is 0 Å². The first-order chi connectivity index (χ1) is 6.99. The van der Waals surface area contributed by atoms with Gasteiger partial charge in [-0.3, -0.25) is 4.79 Å². The van der Waals surface area contributed by atoms with E-state index in [0.717, 1.165) is 23.1 Å². The average Bonchev–Trinajstić information content (AvgIpc) is 2.17. The van der Waals surface area contributed by atoms with E-state index >= 15 is 0 Å². The van der Waals surface area contributed by atoms with Crippen LogP contribution >= 0.6 is 0 Å². The monoisotopic (exact) mass is 206 g/mol.